The number of hydrogen-bond acceptors (Lipinski definition) is 3. The van der Waals surface area contributed by atoms with Gasteiger partial charge in [-0.05, 0) is 63.4 Å². The Bertz CT molecular complexity index is 455. The fourth-order valence-corrected chi connectivity index (χ4v) is 3.12. The summed E-state index contributed by atoms with van der Waals surface area (Å²) in [5.74, 6) is 0.453. The maximum Gasteiger partial charge on any atom is 0.122 e. The Kier molecular flexibility index (Phi) is 3.28. The van der Waals surface area contributed by atoms with Gasteiger partial charge in [0.15, 0.2) is 0 Å². The summed E-state index contributed by atoms with van der Waals surface area (Å²) in [4.78, 5) is 2.35. The number of phenolic OH excluding ortho intramolecular Hbond substituents is 1. The maximum absolute atomic E-state index is 10.3. The van der Waals surface area contributed by atoms with Gasteiger partial charge in [-0.1, -0.05) is 0 Å². The fraction of sp³-hybridized carbons (Fsp3) is 0.600. The third-order valence-corrected chi connectivity index (χ3v) is 4.57. The van der Waals surface area contributed by atoms with E-state index < -0.39 is 0 Å². The summed E-state index contributed by atoms with van der Waals surface area (Å²) >= 11 is 0. The molecule has 1 aliphatic rings. The van der Waals surface area contributed by atoms with E-state index in [0.717, 1.165) is 17.5 Å². The minimum Gasteiger partial charge on any atom is -0.507 e. The van der Waals surface area contributed by atoms with Gasteiger partial charge in [0, 0.05) is 24.8 Å². The minimum absolute atomic E-state index is 0.330. The van der Waals surface area contributed by atoms with E-state index in [1.807, 2.05) is 20.9 Å². The van der Waals surface area contributed by atoms with Crippen LogP contribution in [-0.4, -0.2) is 25.2 Å². The molecule has 3 nitrogen and oxygen atoms in total. The smallest absolute Gasteiger partial charge is 0.122 e. The predicted octanol–water partition coefficient (Wildman–Crippen LogP) is 2.81. The van der Waals surface area contributed by atoms with Crippen LogP contribution < -0.4 is 10.2 Å². The normalized spacial score (nSPS) is 23.1. The second-order valence-corrected chi connectivity index (χ2v) is 5.52. The van der Waals surface area contributed by atoms with Gasteiger partial charge < -0.3 is 15.3 Å². The first kappa shape index (κ1) is 13.2. The summed E-state index contributed by atoms with van der Waals surface area (Å²) in [5, 5.41) is 13.7. The molecule has 0 amide bonds. The Morgan fingerprint density at radius 2 is 1.78 bits per heavy atom. The van der Waals surface area contributed by atoms with Crippen LogP contribution >= 0.6 is 0 Å². The number of hydrogen-bond donors (Lipinski definition) is 2. The monoisotopic (exact) mass is 248 g/mol. The number of benzene rings is 1. The lowest BCUT2D eigenvalue weighted by molar-refractivity contribution is 0.441. The van der Waals surface area contributed by atoms with Crippen LogP contribution in [-0.2, 0) is 0 Å². The van der Waals surface area contributed by atoms with E-state index in [4.69, 9.17) is 0 Å². The summed E-state index contributed by atoms with van der Waals surface area (Å²) in [6.07, 6.45) is 1.07. The molecule has 0 saturated heterocycles. The zero-order valence-corrected chi connectivity index (χ0v) is 12.3. The number of aromatic hydroxyl groups is 1. The van der Waals surface area contributed by atoms with Gasteiger partial charge in [0.25, 0.3) is 0 Å². The number of fused-ring (bicyclic) bond motifs is 1. The van der Waals surface area contributed by atoms with Crippen molar-refractivity contribution < 1.29 is 5.11 Å². The molecule has 0 spiro atoms. The summed E-state index contributed by atoms with van der Waals surface area (Å²) in [5.41, 5.74) is 5.77. The molecule has 0 fully saturated rings. The zero-order valence-electron chi connectivity index (χ0n) is 12.3. The van der Waals surface area contributed by atoms with Crippen LogP contribution in [0.5, 0.6) is 5.75 Å². The molecule has 2 atom stereocenters. The summed E-state index contributed by atoms with van der Waals surface area (Å²) < 4.78 is 0. The Balaban J connectivity index is 2.76. The summed E-state index contributed by atoms with van der Waals surface area (Å²) in [7, 11) is 4.15. The topological polar surface area (TPSA) is 35.5 Å². The molecule has 1 aliphatic heterocycles. The van der Waals surface area contributed by atoms with Crippen molar-refractivity contribution in [2.45, 2.75) is 46.2 Å². The molecule has 0 saturated carbocycles. The van der Waals surface area contributed by atoms with Gasteiger partial charge in [-0.2, -0.15) is 0 Å². The Morgan fingerprint density at radius 1 is 1.17 bits per heavy atom. The molecular formula is C15H24N2O. The maximum atomic E-state index is 10.3. The van der Waals surface area contributed by atoms with Crippen molar-refractivity contribution in [3.8, 4) is 5.75 Å². The summed E-state index contributed by atoms with van der Waals surface area (Å²) in [6, 6.07) is 0.841. The number of phenols is 1. The first-order valence-electron chi connectivity index (χ1n) is 6.62. The van der Waals surface area contributed by atoms with E-state index in [-0.39, 0.29) is 0 Å². The number of anilines is 1. The van der Waals surface area contributed by atoms with Crippen molar-refractivity contribution >= 4 is 5.69 Å². The van der Waals surface area contributed by atoms with Crippen molar-refractivity contribution in [3.63, 3.8) is 0 Å². The molecule has 2 rings (SSSR count). The van der Waals surface area contributed by atoms with Crippen LogP contribution in [0.4, 0.5) is 5.69 Å². The molecule has 2 N–H and O–H groups in total. The van der Waals surface area contributed by atoms with Gasteiger partial charge in [-0.15, -0.1) is 0 Å². The van der Waals surface area contributed by atoms with E-state index >= 15 is 0 Å². The molecule has 1 heterocycles. The Hall–Kier alpha value is -1.22. The second-order valence-electron chi connectivity index (χ2n) is 5.52. The van der Waals surface area contributed by atoms with Crippen LogP contribution in [0, 0.1) is 20.8 Å². The van der Waals surface area contributed by atoms with Crippen LogP contribution in [0.25, 0.3) is 0 Å². The van der Waals surface area contributed by atoms with Gasteiger partial charge >= 0.3 is 0 Å². The molecule has 1 aromatic carbocycles. The molecule has 100 valence electrons. The molecule has 2 unspecified atom stereocenters. The molecule has 3 heteroatoms. The molecule has 0 aromatic heterocycles. The first-order valence-corrected chi connectivity index (χ1v) is 6.62. The van der Waals surface area contributed by atoms with Crippen molar-refractivity contribution in [2.24, 2.45) is 0 Å². The van der Waals surface area contributed by atoms with E-state index in [2.05, 4.69) is 31.1 Å². The Labute approximate surface area is 110 Å². The number of nitrogens with zero attached hydrogens (tertiary/aromatic N) is 1. The molecule has 0 bridgehead atoms. The highest BCUT2D eigenvalue weighted by molar-refractivity contribution is 5.70. The van der Waals surface area contributed by atoms with Gasteiger partial charge in [0.1, 0.15) is 5.75 Å². The zero-order chi connectivity index (χ0) is 13.6. The lowest BCUT2D eigenvalue weighted by Crippen LogP contribution is -2.40. The van der Waals surface area contributed by atoms with Crippen LogP contribution in [0.15, 0.2) is 0 Å². The number of nitrogens with one attached hydrogen (secondary N) is 1. The van der Waals surface area contributed by atoms with Gasteiger partial charge in [0.05, 0.1) is 0 Å². The highest BCUT2D eigenvalue weighted by atomic mass is 16.3. The van der Waals surface area contributed by atoms with E-state index in [9.17, 15) is 5.11 Å². The van der Waals surface area contributed by atoms with Gasteiger partial charge in [0.2, 0.25) is 0 Å². The lowest BCUT2D eigenvalue weighted by atomic mass is 9.85. The molecule has 18 heavy (non-hydrogen) atoms. The van der Waals surface area contributed by atoms with Crippen molar-refractivity contribution in [3.05, 3.63) is 22.3 Å². The van der Waals surface area contributed by atoms with Crippen molar-refractivity contribution in [2.75, 3.05) is 19.0 Å². The van der Waals surface area contributed by atoms with Gasteiger partial charge in [-0.3, -0.25) is 0 Å². The minimum atomic E-state index is 0.330. The van der Waals surface area contributed by atoms with Crippen molar-refractivity contribution in [1.82, 2.24) is 5.32 Å². The van der Waals surface area contributed by atoms with E-state index in [1.54, 1.807) is 0 Å². The fourth-order valence-electron chi connectivity index (χ4n) is 3.12. The molecular weight excluding hydrogens is 224 g/mol. The lowest BCUT2D eigenvalue weighted by Gasteiger charge is -2.41. The summed E-state index contributed by atoms with van der Waals surface area (Å²) in [6.45, 7) is 8.38. The van der Waals surface area contributed by atoms with E-state index in [0.29, 0.717) is 17.8 Å². The average molecular weight is 248 g/mol. The highest BCUT2D eigenvalue weighted by Gasteiger charge is 2.32. The molecule has 0 aliphatic carbocycles. The third-order valence-electron chi connectivity index (χ3n) is 4.57. The van der Waals surface area contributed by atoms with Crippen molar-refractivity contribution in [1.29, 1.82) is 0 Å². The highest BCUT2D eigenvalue weighted by Crippen LogP contribution is 2.45. The Morgan fingerprint density at radius 3 is 2.33 bits per heavy atom. The van der Waals surface area contributed by atoms with Crippen LogP contribution in [0.3, 0.4) is 0 Å². The SMILES string of the molecule is CNC1CC(C)N(C)c2c(C)c(C)c(O)c(C)c21. The predicted molar refractivity (Wildman–Crippen MR) is 76.6 cm³/mol. The molecule has 0 radical (unpaired) electrons. The standard InChI is InChI=1S/C15H24N2O/c1-8-7-12(16-5)13-11(4)15(18)10(3)9(2)14(13)17(8)6/h8,12,16,18H,7H2,1-6H3. The first-order chi connectivity index (χ1) is 8.40. The number of rotatable bonds is 1. The second kappa shape index (κ2) is 4.47. The quantitative estimate of drug-likeness (QED) is 0.802. The molecule has 1 aromatic rings. The van der Waals surface area contributed by atoms with Crippen LogP contribution in [0.2, 0.25) is 0 Å². The third kappa shape index (κ3) is 1.69. The largest absolute Gasteiger partial charge is 0.507 e. The van der Waals surface area contributed by atoms with E-state index in [1.165, 1.54) is 16.8 Å². The average Bonchev–Trinajstić information content (AvgIpc) is 2.36. The van der Waals surface area contributed by atoms with Crippen LogP contribution in [0.1, 0.15) is 41.6 Å². The van der Waals surface area contributed by atoms with Gasteiger partial charge in [-0.25, -0.2) is 0 Å².